The van der Waals surface area contributed by atoms with Crippen molar-refractivity contribution in [2.75, 3.05) is 29.0 Å². The first-order valence-electron chi connectivity index (χ1n) is 10.7. The molecule has 2 aliphatic heterocycles. The predicted molar refractivity (Wildman–Crippen MR) is 125 cm³/mol. The molecule has 0 radical (unpaired) electrons. The molecule has 1 saturated heterocycles. The second kappa shape index (κ2) is 8.52. The average Bonchev–Trinajstić information content (AvgIpc) is 3.22. The van der Waals surface area contributed by atoms with Gasteiger partial charge in [0.1, 0.15) is 0 Å². The molecular weight excluding hydrogens is 432 g/mol. The lowest BCUT2D eigenvalue weighted by Gasteiger charge is -2.34. The van der Waals surface area contributed by atoms with Crippen molar-refractivity contribution in [2.45, 2.75) is 46.2 Å². The molecule has 7 nitrogen and oxygen atoms in total. The number of carbonyl (C=O) groups excluding carboxylic acids is 1. The molecule has 4 rings (SSSR count). The van der Waals surface area contributed by atoms with E-state index >= 15 is 0 Å². The van der Waals surface area contributed by atoms with Gasteiger partial charge in [0.05, 0.1) is 17.6 Å². The number of rotatable bonds is 5. The van der Waals surface area contributed by atoms with Crippen LogP contribution >= 0.6 is 11.3 Å². The van der Waals surface area contributed by atoms with E-state index in [0.29, 0.717) is 34.6 Å². The fourth-order valence-corrected chi connectivity index (χ4v) is 6.97. The number of anilines is 2. The van der Waals surface area contributed by atoms with Gasteiger partial charge in [-0.15, -0.1) is 11.3 Å². The van der Waals surface area contributed by atoms with Gasteiger partial charge in [-0.2, -0.15) is 0 Å². The van der Waals surface area contributed by atoms with Crippen LogP contribution in [-0.4, -0.2) is 49.6 Å². The molecule has 0 bridgehead atoms. The van der Waals surface area contributed by atoms with Crippen LogP contribution in [0.3, 0.4) is 0 Å². The van der Waals surface area contributed by atoms with Crippen molar-refractivity contribution in [3.63, 3.8) is 0 Å². The SMILES string of the molecule is C[C@@H]1C[C@H](C)CN(Cc2csc(NC(=O)c3ccc4c(c3)C[C@H](C)N4S(C)(=O)=O)n2)C1. The first kappa shape index (κ1) is 22.2. The van der Waals surface area contributed by atoms with Gasteiger partial charge >= 0.3 is 0 Å². The van der Waals surface area contributed by atoms with Gasteiger partial charge in [-0.3, -0.25) is 19.3 Å². The van der Waals surface area contributed by atoms with Crippen LogP contribution in [0.25, 0.3) is 0 Å². The van der Waals surface area contributed by atoms with E-state index < -0.39 is 10.0 Å². The number of likely N-dealkylation sites (tertiary alicyclic amines) is 1. The topological polar surface area (TPSA) is 82.6 Å². The molecule has 0 saturated carbocycles. The number of hydrogen-bond donors (Lipinski definition) is 1. The molecule has 0 unspecified atom stereocenters. The summed E-state index contributed by atoms with van der Waals surface area (Å²) >= 11 is 1.44. The van der Waals surface area contributed by atoms with Crippen LogP contribution in [0.1, 0.15) is 48.8 Å². The van der Waals surface area contributed by atoms with Gasteiger partial charge in [-0.05, 0) is 55.4 Å². The fourth-order valence-electron chi connectivity index (χ4n) is 5.01. The minimum absolute atomic E-state index is 0.148. The highest BCUT2D eigenvalue weighted by atomic mass is 32.2. The number of benzene rings is 1. The summed E-state index contributed by atoms with van der Waals surface area (Å²) in [5.74, 6) is 1.17. The van der Waals surface area contributed by atoms with Gasteiger partial charge in [0, 0.05) is 36.6 Å². The van der Waals surface area contributed by atoms with Gasteiger partial charge in [-0.1, -0.05) is 13.8 Å². The molecule has 1 aromatic carbocycles. The molecule has 3 heterocycles. The Morgan fingerprint density at radius 2 is 1.94 bits per heavy atom. The van der Waals surface area contributed by atoms with Gasteiger partial charge < -0.3 is 0 Å². The maximum atomic E-state index is 12.8. The van der Waals surface area contributed by atoms with Crippen molar-refractivity contribution >= 4 is 38.1 Å². The molecule has 2 aromatic rings. The van der Waals surface area contributed by atoms with Crippen LogP contribution in [0, 0.1) is 11.8 Å². The minimum Gasteiger partial charge on any atom is -0.298 e. The van der Waals surface area contributed by atoms with E-state index in [0.717, 1.165) is 30.9 Å². The first-order chi connectivity index (χ1) is 14.6. The molecule has 31 heavy (non-hydrogen) atoms. The highest BCUT2D eigenvalue weighted by Gasteiger charge is 2.33. The molecule has 2 aliphatic rings. The van der Waals surface area contributed by atoms with E-state index in [1.807, 2.05) is 12.3 Å². The molecule has 0 spiro atoms. The number of carbonyl (C=O) groups is 1. The summed E-state index contributed by atoms with van der Waals surface area (Å²) in [7, 11) is -3.34. The summed E-state index contributed by atoms with van der Waals surface area (Å²) in [6.45, 7) is 9.44. The third-order valence-electron chi connectivity index (χ3n) is 5.95. The quantitative estimate of drug-likeness (QED) is 0.734. The van der Waals surface area contributed by atoms with E-state index in [2.05, 4.69) is 29.0 Å². The van der Waals surface area contributed by atoms with Crippen molar-refractivity contribution in [1.82, 2.24) is 9.88 Å². The predicted octanol–water partition coefficient (Wildman–Crippen LogP) is 3.58. The number of hydrogen-bond acceptors (Lipinski definition) is 6. The highest BCUT2D eigenvalue weighted by Crippen LogP contribution is 2.35. The standard InChI is InChI=1S/C22H30N4O3S2/c1-14-7-15(2)11-25(10-14)12-19-13-30-22(23-19)24-21(27)17-5-6-20-18(9-17)8-16(3)26(20)31(4,28)29/h5-6,9,13-16H,7-8,10-12H2,1-4H3,(H,23,24,27)/t14-,15+,16-/m0/s1. The Balaban J connectivity index is 1.42. The Kier molecular flexibility index (Phi) is 6.11. The van der Waals surface area contributed by atoms with Crippen molar-refractivity contribution in [1.29, 1.82) is 0 Å². The van der Waals surface area contributed by atoms with Gasteiger partial charge in [-0.25, -0.2) is 13.4 Å². The maximum Gasteiger partial charge on any atom is 0.257 e. The summed E-state index contributed by atoms with van der Waals surface area (Å²) in [5, 5.41) is 5.49. The lowest BCUT2D eigenvalue weighted by molar-refractivity contribution is 0.102. The van der Waals surface area contributed by atoms with Crippen LogP contribution in [-0.2, 0) is 23.0 Å². The van der Waals surface area contributed by atoms with Crippen LogP contribution in [0.4, 0.5) is 10.8 Å². The van der Waals surface area contributed by atoms with Crippen LogP contribution in [0.2, 0.25) is 0 Å². The summed E-state index contributed by atoms with van der Waals surface area (Å²) < 4.78 is 25.6. The van der Waals surface area contributed by atoms with Crippen LogP contribution < -0.4 is 9.62 Å². The smallest absolute Gasteiger partial charge is 0.257 e. The Morgan fingerprint density at radius 3 is 2.61 bits per heavy atom. The molecular formula is C22H30N4O3S2. The van der Waals surface area contributed by atoms with E-state index in [1.165, 1.54) is 28.3 Å². The lowest BCUT2D eigenvalue weighted by Crippen LogP contribution is -2.38. The van der Waals surface area contributed by atoms with E-state index in [9.17, 15) is 13.2 Å². The van der Waals surface area contributed by atoms with Crippen molar-refractivity contribution in [3.8, 4) is 0 Å². The molecule has 1 fully saturated rings. The number of nitrogens with zero attached hydrogens (tertiary/aromatic N) is 3. The largest absolute Gasteiger partial charge is 0.298 e. The number of thiazole rings is 1. The Labute approximate surface area is 188 Å². The van der Waals surface area contributed by atoms with E-state index in [4.69, 9.17) is 0 Å². The van der Waals surface area contributed by atoms with E-state index in [1.54, 1.807) is 18.2 Å². The third-order valence-corrected chi connectivity index (χ3v) is 8.03. The Hall–Kier alpha value is -1.97. The molecule has 1 amide bonds. The van der Waals surface area contributed by atoms with Crippen molar-refractivity contribution in [2.24, 2.45) is 11.8 Å². The number of sulfonamides is 1. The molecule has 1 N–H and O–H groups in total. The zero-order valence-corrected chi connectivity index (χ0v) is 20.1. The molecule has 3 atom stereocenters. The van der Waals surface area contributed by atoms with Gasteiger partial charge in [0.15, 0.2) is 5.13 Å². The summed E-state index contributed by atoms with van der Waals surface area (Å²) in [6, 6.07) is 5.04. The van der Waals surface area contributed by atoms with Gasteiger partial charge in [0.25, 0.3) is 5.91 Å². The highest BCUT2D eigenvalue weighted by molar-refractivity contribution is 7.92. The van der Waals surface area contributed by atoms with Crippen molar-refractivity contribution < 1.29 is 13.2 Å². The van der Waals surface area contributed by atoms with Gasteiger partial charge in [0.2, 0.25) is 10.0 Å². The number of fused-ring (bicyclic) bond motifs is 1. The zero-order chi connectivity index (χ0) is 22.3. The number of amides is 1. The Bertz CT molecular complexity index is 1070. The summed E-state index contributed by atoms with van der Waals surface area (Å²) in [4.78, 5) is 19.8. The minimum atomic E-state index is -3.34. The second-order valence-corrected chi connectivity index (χ2v) is 11.9. The molecule has 1 aromatic heterocycles. The van der Waals surface area contributed by atoms with Crippen molar-refractivity contribution in [3.05, 3.63) is 40.4 Å². The normalized spacial score (nSPS) is 24.3. The van der Waals surface area contributed by atoms with Crippen LogP contribution in [0.5, 0.6) is 0 Å². The third kappa shape index (κ3) is 4.94. The number of piperidine rings is 1. The van der Waals surface area contributed by atoms with Crippen LogP contribution in [0.15, 0.2) is 23.6 Å². The van der Waals surface area contributed by atoms with E-state index in [-0.39, 0.29) is 11.9 Å². The summed E-state index contributed by atoms with van der Waals surface area (Å²) in [5.41, 5.74) is 3.02. The fraction of sp³-hybridized carbons (Fsp3) is 0.545. The lowest BCUT2D eigenvalue weighted by atomic mass is 9.92. The molecule has 9 heteroatoms. The molecule has 0 aliphatic carbocycles. The first-order valence-corrected chi connectivity index (χ1v) is 13.4. The summed E-state index contributed by atoms with van der Waals surface area (Å²) in [6.07, 6.45) is 3.08. The maximum absolute atomic E-state index is 12.8. The Morgan fingerprint density at radius 1 is 1.23 bits per heavy atom. The number of nitrogens with one attached hydrogen (secondary N) is 1. The molecule has 168 valence electrons. The monoisotopic (exact) mass is 462 g/mol. The average molecular weight is 463 g/mol. The number of aromatic nitrogens is 1. The second-order valence-electron chi connectivity index (χ2n) is 9.19. The zero-order valence-electron chi connectivity index (χ0n) is 18.5.